The van der Waals surface area contributed by atoms with Gasteiger partial charge in [0.25, 0.3) is 0 Å². The molecule has 0 spiro atoms. The van der Waals surface area contributed by atoms with Crippen LogP contribution in [0.25, 0.3) is 0 Å². The number of aromatic hydroxyl groups is 1. The fourth-order valence-electron chi connectivity index (χ4n) is 7.09. The third-order valence-electron chi connectivity index (χ3n) is 9.44. The summed E-state index contributed by atoms with van der Waals surface area (Å²) >= 11 is 0. The first-order chi connectivity index (χ1) is 18.9. The molecule has 39 heavy (non-hydrogen) atoms. The molecule has 1 aliphatic heterocycles. The molecular formula is C33H44N2O4. The number of methoxy groups -OCH3 is 2. The third kappa shape index (κ3) is 5.46. The highest BCUT2D eigenvalue weighted by atomic mass is 16.5. The number of amides is 1. The van der Waals surface area contributed by atoms with Gasteiger partial charge in [-0.05, 0) is 75.1 Å². The van der Waals surface area contributed by atoms with Gasteiger partial charge in [0.2, 0.25) is 5.91 Å². The maximum Gasteiger partial charge on any atom is 0.249 e. The van der Waals surface area contributed by atoms with Gasteiger partial charge in [0.05, 0.1) is 13.2 Å². The molecule has 2 unspecified atom stereocenters. The van der Waals surface area contributed by atoms with Crippen LogP contribution in [0.1, 0.15) is 56.2 Å². The molecule has 1 saturated carbocycles. The fraction of sp³-hybridized carbons (Fsp3) is 0.545. The van der Waals surface area contributed by atoms with Crippen molar-refractivity contribution >= 4 is 5.91 Å². The lowest BCUT2D eigenvalue weighted by atomic mass is 9.56. The Hall–Kier alpha value is -2.83. The smallest absolute Gasteiger partial charge is 0.249 e. The van der Waals surface area contributed by atoms with Crippen molar-refractivity contribution in [3.63, 3.8) is 0 Å². The molecule has 3 aliphatic rings. The van der Waals surface area contributed by atoms with E-state index >= 15 is 0 Å². The average molecular weight is 533 g/mol. The third-order valence-corrected chi connectivity index (χ3v) is 9.44. The predicted octanol–water partition coefficient (Wildman–Crippen LogP) is 5.03. The standard InChI is InChI=1S/C33H44N2O4/c1-5-25-13-14-28(38-3)31(36)30(25)33-16-18-35(21-24-11-12-24)22(2)27(33)19-26(29(20-33)39-4)32(37)34-17-15-23-9-7-6-8-10-23/h6-10,13-14,19,22,24,27,29,36H,5,11-12,15-18,20-21H2,1-4H3,(H,34,37)/t22-,27?,29?,33+/m1/s1. The number of ether oxygens (including phenoxy) is 2. The Bertz CT molecular complexity index is 1190. The minimum Gasteiger partial charge on any atom is -0.504 e. The lowest BCUT2D eigenvalue weighted by Gasteiger charge is -2.55. The number of hydrogen-bond donors (Lipinski definition) is 2. The van der Waals surface area contributed by atoms with E-state index in [2.05, 4.69) is 48.3 Å². The van der Waals surface area contributed by atoms with E-state index in [0.717, 1.165) is 49.4 Å². The fourth-order valence-corrected chi connectivity index (χ4v) is 7.09. The van der Waals surface area contributed by atoms with Crippen LogP contribution in [0.15, 0.2) is 54.1 Å². The normalized spacial score (nSPS) is 27.0. The zero-order valence-electron chi connectivity index (χ0n) is 23.9. The van der Waals surface area contributed by atoms with E-state index in [1.54, 1.807) is 14.2 Å². The van der Waals surface area contributed by atoms with E-state index in [0.29, 0.717) is 24.3 Å². The van der Waals surface area contributed by atoms with Crippen LogP contribution in [0.4, 0.5) is 0 Å². The molecular weight excluding hydrogens is 488 g/mol. The van der Waals surface area contributed by atoms with Gasteiger partial charge in [-0.2, -0.15) is 0 Å². The zero-order valence-corrected chi connectivity index (χ0v) is 23.9. The number of carbonyl (C=O) groups is 1. The van der Waals surface area contributed by atoms with Crippen molar-refractivity contribution < 1.29 is 19.4 Å². The summed E-state index contributed by atoms with van der Waals surface area (Å²) in [5.74, 6) is 1.55. The summed E-state index contributed by atoms with van der Waals surface area (Å²) in [6.45, 7) is 7.10. The number of aryl methyl sites for hydroxylation is 1. The summed E-state index contributed by atoms with van der Waals surface area (Å²) < 4.78 is 11.6. The molecule has 2 N–H and O–H groups in total. The van der Waals surface area contributed by atoms with E-state index in [1.165, 1.54) is 18.4 Å². The van der Waals surface area contributed by atoms with E-state index in [4.69, 9.17) is 9.47 Å². The molecule has 2 fully saturated rings. The van der Waals surface area contributed by atoms with Gasteiger partial charge >= 0.3 is 0 Å². The van der Waals surface area contributed by atoms with Crippen molar-refractivity contribution in [3.05, 3.63) is 70.8 Å². The highest BCUT2D eigenvalue weighted by Crippen LogP contribution is 2.56. The molecule has 0 aromatic heterocycles. The van der Waals surface area contributed by atoms with Crippen molar-refractivity contribution in [3.8, 4) is 11.5 Å². The van der Waals surface area contributed by atoms with E-state index < -0.39 is 0 Å². The Kier molecular flexibility index (Phi) is 8.34. The zero-order chi connectivity index (χ0) is 27.6. The number of nitrogens with zero attached hydrogens (tertiary/aromatic N) is 1. The first kappa shape index (κ1) is 27.7. The van der Waals surface area contributed by atoms with Gasteiger partial charge in [0.15, 0.2) is 11.5 Å². The monoisotopic (exact) mass is 532 g/mol. The molecule has 2 aromatic rings. The summed E-state index contributed by atoms with van der Waals surface area (Å²) in [5.41, 5.74) is 3.69. The topological polar surface area (TPSA) is 71.0 Å². The van der Waals surface area contributed by atoms with Crippen LogP contribution in [0.2, 0.25) is 0 Å². The van der Waals surface area contributed by atoms with Crippen molar-refractivity contribution in [2.24, 2.45) is 11.8 Å². The van der Waals surface area contributed by atoms with Crippen LogP contribution in [0.3, 0.4) is 0 Å². The molecule has 1 amide bonds. The number of fused-ring (bicyclic) bond motifs is 1. The number of phenols is 1. The minimum atomic E-state index is -0.351. The van der Waals surface area contributed by atoms with E-state index in [9.17, 15) is 9.90 Å². The molecule has 6 nitrogen and oxygen atoms in total. The number of carbonyl (C=O) groups excluding carboxylic acids is 1. The number of rotatable bonds is 10. The van der Waals surface area contributed by atoms with Crippen LogP contribution in [0.5, 0.6) is 11.5 Å². The molecule has 1 saturated heterocycles. The second-order valence-electron chi connectivity index (χ2n) is 11.7. The average Bonchev–Trinajstić information content (AvgIpc) is 3.78. The number of piperidine rings is 1. The van der Waals surface area contributed by atoms with Gasteiger partial charge in [-0.3, -0.25) is 9.69 Å². The summed E-state index contributed by atoms with van der Waals surface area (Å²) in [6, 6.07) is 14.4. The number of phenolic OH excluding ortho intramolecular Hbond substituents is 1. The van der Waals surface area contributed by atoms with Crippen LogP contribution in [-0.2, 0) is 27.8 Å². The molecule has 5 rings (SSSR count). The van der Waals surface area contributed by atoms with Gasteiger partial charge in [-0.1, -0.05) is 49.4 Å². The minimum absolute atomic E-state index is 0.0523. The quantitative estimate of drug-likeness (QED) is 0.449. The molecule has 210 valence electrons. The second-order valence-corrected chi connectivity index (χ2v) is 11.7. The second kappa shape index (κ2) is 11.7. The molecule has 0 bridgehead atoms. The van der Waals surface area contributed by atoms with Crippen LogP contribution >= 0.6 is 0 Å². The van der Waals surface area contributed by atoms with Crippen LogP contribution < -0.4 is 10.1 Å². The molecule has 0 radical (unpaired) electrons. The maximum absolute atomic E-state index is 13.6. The summed E-state index contributed by atoms with van der Waals surface area (Å²) in [5, 5.41) is 14.7. The molecule has 2 aromatic carbocycles. The highest BCUT2D eigenvalue weighted by Gasteiger charge is 2.54. The Morgan fingerprint density at radius 2 is 1.92 bits per heavy atom. The number of benzene rings is 2. The lowest BCUT2D eigenvalue weighted by Crippen LogP contribution is -2.58. The van der Waals surface area contributed by atoms with Gasteiger partial charge in [-0.25, -0.2) is 0 Å². The Labute approximate surface area is 233 Å². The van der Waals surface area contributed by atoms with Gasteiger partial charge in [0, 0.05) is 48.7 Å². The van der Waals surface area contributed by atoms with Crippen molar-refractivity contribution in [1.82, 2.24) is 10.2 Å². The number of nitrogens with one attached hydrogen (secondary N) is 1. The van der Waals surface area contributed by atoms with Gasteiger partial charge in [-0.15, -0.1) is 0 Å². The first-order valence-electron chi connectivity index (χ1n) is 14.6. The number of hydrogen-bond acceptors (Lipinski definition) is 5. The summed E-state index contributed by atoms with van der Waals surface area (Å²) in [7, 11) is 3.30. The van der Waals surface area contributed by atoms with Gasteiger partial charge < -0.3 is 19.9 Å². The van der Waals surface area contributed by atoms with Crippen molar-refractivity contribution in [1.29, 1.82) is 0 Å². The molecule has 4 atom stereocenters. The number of likely N-dealkylation sites (tertiary alicyclic amines) is 1. The van der Waals surface area contributed by atoms with Crippen molar-refractivity contribution in [2.75, 3.05) is 33.9 Å². The van der Waals surface area contributed by atoms with E-state index in [1.807, 2.05) is 24.3 Å². The Balaban J connectivity index is 1.51. The molecule has 2 aliphatic carbocycles. The predicted molar refractivity (Wildman–Crippen MR) is 154 cm³/mol. The Morgan fingerprint density at radius 3 is 2.59 bits per heavy atom. The SMILES string of the molecule is CCc1ccc(OC)c(O)c1[C@]12CCN(CC3CC3)[C@H](C)C1C=C(C(=O)NCCc1ccccc1)C(OC)C2. The maximum atomic E-state index is 13.6. The Morgan fingerprint density at radius 1 is 1.15 bits per heavy atom. The first-order valence-corrected chi connectivity index (χ1v) is 14.6. The van der Waals surface area contributed by atoms with Crippen LogP contribution in [0, 0.1) is 11.8 Å². The largest absolute Gasteiger partial charge is 0.504 e. The highest BCUT2D eigenvalue weighted by molar-refractivity contribution is 5.95. The lowest BCUT2D eigenvalue weighted by molar-refractivity contribution is -0.119. The van der Waals surface area contributed by atoms with Crippen LogP contribution in [-0.4, -0.2) is 61.9 Å². The van der Waals surface area contributed by atoms with E-state index in [-0.39, 0.29) is 35.1 Å². The molecule has 1 heterocycles. The van der Waals surface area contributed by atoms with Crippen molar-refractivity contribution in [2.45, 2.75) is 69.9 Å². The molecule has 6 heteroatoms. The summed E-state index contributed by atoms with van der Waals surface area (Å²) in [4.78, 5) is 16.2. The van der Waals surface area contributed by atoms with Gasteiger partial charge in [0.1, 0.15) is 0 Å². The summed E-state index contributed by atoms with van der Waals surface area (Å²) in [6.07, 6.45) is 7.62.